The number of aliphatic hydroxyl groups is 1. The summed E-state index contributed by atoms with van der Waals surface area (Å²) in [6.07, 6.45) is 4.15. The molecule has 1 aromatic rings. The van der Waals surface area contributed by atoms with E-state index < -0.39 is 11.0 Å². The van der Waals surface area contributed by atoms with Crippen LogP contribution >= 0.6 is 0 Å². The van der Waals surface area contributed by atoms with Gasteiger partial charge in [-0.15, -0.1) is 0 Å². The van der Waals surface area contributed by atoms with Gasteiger partial charge < -0.3 is 15.2 Å². The van der Waals surface area contributed by atoms with Gasteiger partial charge in [0.2, 0.25) is 0 Å². The lowest BCUT2D eigenvalue weighted by molar-refractivity contribution is -0.385. The Hall–Kier alpha value is -1.51. The van der Waals surface area contributed by atoms with Gasteiger partial charge in [-0.2, -0.15) is 5.10 Å². The topological polar surface area (TPSA) is 102 Å². The van der Waals surface area contributed by atoms with Gasteiger partial charge in [0.05, 0.1) is 23.7 Å². The van der Waals surface area contributed by atoms with Crippen LogP contribution in [0.4, 0.5) is 5.69 Å². The van der Waals surface area contributed by atoms with Gasteiger partial charge in [-0.05, 0) is 19.8 Å². The molecule has 1 aliphatic heterocycles. The Morgan fingerprint density at radius 2 is 2.55 bits per heavy atom. The second-order valence-corrected chi connectivity index (χ2v) is 5.08. The van der Waals surface area contributed by atoms with E-state index in [-0.39, 0.29) is 24.4 Å². The van der Waals surface area contributed by atoms with Crippen molar-refractivity contribution in [2.75, 3.05) is 13.2 Å². The minimum atomic E-state index is -0.654. The summed E-state index contributed by atoms with van der Waals surface area (Å²) in [4.78, 5) is 10.0. The number of nitrogens with zero attached hydrogens (tertiary/aromatic N) is 3. The maximum Gasteiger partial charge on any atom is 0.306 e. The molecule has 0 saturated carbocycles. The lowest BCUT2D eigenvalue weighted by Gasteiger charge is -2.21. The smallest absolute Gasteiger partial charge is 0.306 e. The van der Waals surface area contributed by atoms with Crippen LogP contribution in [0.3, 0.4) is 0 Å². The number of hydrogen-bond acceptors (Lipinski definition) is 6. The molecule has 3 atom stereocenters. The second kappa shape index (κ2) is 6.78. The van der Waals surface area contributed by atoms with E-state index in [0.29, 0.717) is 6.54 Å². The van der Waals surface area contributed by atoms with E-state index in [9.17, 15) is 15.2 Å². The second-order valence-electron chi connectivity index (χ2n) is 5.08. The van der Waals surface area contributed by atoms with Gasteiger partial charge in [-0.3, -0.25) is 14.8 Å². The van der Waals surface area contributed by atoms with Crippen LogP contribution in [0, 0.1) is 10.1 Å². The molecule has 2 heterocycles. The lowest BCUT2D eigenvalue weighted by atomic mass is 10.1. The molecule has 2 N–H and O–H groups in total. The third-order valence-electron chi connectivity index (χ3n) is 3.43. The zero-order chi connectivity index (χ0) is 14.5. The fourth-order valence-corrected chi connectivity index (χ4v) is 2.28. The van der Waals surface area contributed by atoms with Crippen molar-refractivity contribution in [3.63, 3.8) is 0 Å². The lowest BCUT2D eigenvalue weighted by Crippen LogP contribution is -2.42. The van der Waals surface area contributed by atoms with Crippen molar-refractivity contribution in [2.45, 2.75) is 44.6 Å². The van der Waals surface area contributed by atoms with Gasteiger partial charge in [0.15, 0.2) is 0 Å². The van der Waals surface area contributed by atoms with E-state index in [0.717, 1.165) is 19.4 Å². The molecule has 8 nitrogen and oxygen atoms in total. The highest BCUT2D eigenvalue weighted by atomic mass is 16.6. The summed E-state index contributed by atoms with van der Waals surface area (Å²) in [6.45, 7) is 3.45. The van der Waals surface area contributed by atoms with Gasteiger partial charge in [0.25, 0.3) is 0 Å². The van der Waals surface area contributed by atoms with Crippen molar-refractivity contribution < 1.29 is 14.8 Å². The molecule has 1 fully saturated rings. The minimum Gasteiger partial charge on any atom is -0.390 e. The van der Waals surface area contributed by atoms with Crippen molar-refractivity contribution in [3.8, 4) is 0 Å². The highest BCUT2D eigenvalue weighted by Gasteiger charge is 2.22. The normalized spacial score (nSPS) is 21.8. The first-order valence-electron chi connectivity index (χ1n) is 6.76. The predicted octanol–water partition coefficient (Wildman–Crippen LogP) is 0.309. The first-order valence-corrected chi connectivity index (χ1v) is 6.76. The molecule has 0 aromatic carbocycles. The molecule has 0 aliphatic carbocycles. The Balaban J connectivity index is 1.73. The first-order chi connectivity index (χ1) is 9.56. The van der Waals surface area contributed by atoms with Gasteiger partial charge in [-0.25, -0.2) is 0 Å². The average molecular weight is 284 g/mol. The summed E-state index contributed by atoms with van der Waals surface area (Å²) in [5.74, 6) is 0. The molecule has 3 unspecified atom stereocenters. The maximum atomic E-state index is 10.5. The van der Waals surface area contributed by atoms with Crippen molar-refractivity contribution >= 4 is 5.69 Å². The maximum absolute atomic E-state index is 10.5. The van der Waals surface area contributed by atoms with Gasteiger partial charge in [0.1, 0.15) is 12.4 Å². The largest absolute Gasteiger partial charge is 0.390 e. The van der Waals surface area contributed by atoms with E-state index >= 15 is 0 Å². The van der Waals surface area contributed by atoms with E-state index in [1.165, 1.54) is 17.1 Å². The fourth-order valence-electron chi connectivity index (χ4n) is 2.28. The number of ether oxygens (including phenoxy) is 1. The SMILES string of the molecule is CC(NCC(O)Cn1cc([N+](=O)[O-])cn1)C1CCCO1. The van der Waals surface area contributed by atoms with E-state index in [4.69, 9.17) is 4.74 Å². The molecule has 0 radical (unpaired) electrons. The Morgan fingerprint density at radius 1 is 1.75 bits per heavy atom. The summed E-state index contributed by atoms with van der Waals surface area (Å²) in [5.41, 5.74) is -0.0714. The third-order valence-corrected chi connectivity index (χ3v) is 3.43. The standard InChI is InChI=1S/C12H20N4O4/c1-9(12-3-2-4-20-12)13-6-11(17)8-15-7-10(5-14-15)16(18)19/h5,7,9,11-13,17H,2-4,6,8H2,1H3. The van der Waals surface area contributed by atoms with Crippen molar-refractivity contribution in [1.82, 2.24) is 15.1 Å². The predicted molar refractivity (Wildman–Crippen MR) is 71.3 cm³/mol. The van der Waals surface area contributed by atoms with Crippen molar-refractivity contribution in [3.05, 3.63) is 22.5 Å². The fraction of sp³-hybridized carbons (Fsp3) is 0.750. The molecule has 1 saturated heterocycles. The zero-order valence-corrected chi connectivity index (χ0v) is 11.4. The Labute approximate surface area is 116 Å². The number of aromatic nitrogens is 2. The van der Waals surface area contributed by atoms with E-state index in [1.54, 1.807) is 0 Å². The number of hydrogen-bond donors (Lipinski definition) is 2. The first kappa shape index (κ1) is 14.9. The van der Waals surface area contributed by atoms with Crippen LogP contribution in [0.25, 0.3) is 0 Å². The number of rotatable bonds is 7. The van der Waals surface area contributed by atoms with Crippen LogP contribution in [0.15, 0.2) is 12.4 Å². The molecule has 20 heavy (non-hydrogen) atoms. The zero-order valence-electron chi connectivity index (χ0n) is 11.4. The molecule has 1 aliphatic rings. The number of nitro groups is 1. The Bertz CT molecular complexity index is 444. The summed E-state index contributed by atoms with van der Waals surface area (Å²) < 4.78 is 6.93. The minimum absolute atomic E-state index is 0.0714. The number of aliphatic hydroxyl groups excluding tert-OH is 1. The van der Waals surface area contributed by atoms with Crippen LogP contribution in [0.2, 0.25) is 0 Å². The molecular weight excluding hydrogens is 264 g/mol. The highest BCUT2D eigenvalue weighted by Crippen LogP contribution is 2.15. The Morgan fingerprint density at radius 3 is 3.15 bits per heavy atom. The summed E-state index contributed by atoms with van der Waals surface area (Å²) in [7, 11) is 0. The van der Waals surface area contributed by atoms with Gasteiger partial charge in [-0.1, -0.05) is 0 Å². The van der Waals surface area contributed by atoms with Crippen molar-refractivity contribution in [1.29, 1.82) is 0 Å². The molecule has 0 amide bonds. The summed E-state index contributed by atoms with van der Waals surface area (Å²) in [5, 5.41) is 27.5. The van der Waals surface area contributed by atoms with Crippen LogP contribution in [-0.4, -0.2) is 51.2 Å². The van der Waals surface area contributed by atoms with E-state index in [1.807, 2.05) is 6.92 Å². The van der Waals surface area contributed by atoms with Crippen LogP contribution in [0.5, 0.6) is 0 Å². The van der Waals surface area contributed by atoms with Gasteiger partial charge >= 0.3 is 5.69 Å². The molecular formula is C12H20N4O4. The third kappa shape index (κ3) is 3.99. The molecule has 112 valence electrons. The quantitative estimate of drug-likeness (QED) is 0.552. The average Bonchev–Trinajstić information content (AvgIpc) is 3.06. The van der Waals surface area contributed by atoms with Crippen LogP contribution in [0.1, 0.15) is 19.8 Å². The van der Waals surface area contributed by atoms with Crippen LogP contribution in [-0.2, 0) is 11.3 Å². The number of nitrogens with one attached hydrogen (secondary N) is 1. The molecule has 0 spiro atoms. The molecule has 2 rings (SSSR count). The summed E-state index contributed by atoms with van der Waals surface area (Å²) >= 11 is 0. The summed E-state index contributed by atoms with van der Waals surface area (Å²) in [6, 6.07) is 0.180. The highest BCUT2D eigenvalue weighted by molar-refractivity contribution is 5.20. The van der Waals surface area contributed by atoms with E-state index in [2.05, 4.69) is 10.4 Å². The Kier molecular flexibility index (Phi) is 5.05. The molecule has 0 bridgehead atoms. The van der Waals surface area contributed by atoms with Crippen molar-refractivity contribution in [2.24, 2.45) is 0 Å². The van der Waals surface area contributed by atoms with Gasteiger partial charge in [0, 0.05) is 19.2 Å². The molecule has 8 heteroatoms. The van der Waals surface area contributed by atoms with Crippen LogP contribution < -0.4 is 5.32 Å². The monoisotopic (exact) mass is 284 g/mol. The molecule has 1 aromatic heterocycles.